The molecule has 1 aromatic carbocycles. The lowest BCUT2D eigenvalue weighted by Crippen LogP contribution is -2.21. The molecular formula is C8H9BrN2O. The van der Waals surface area contributed by atoms with Crippen LogP contribution >= 0.6 is 15.9 Å². The molecule has 1 rings (SSSR count). The van der Waals surface area contributed by atoms with Crippen molar-refractivity contribution < 1.29 is 4.79 Å². The number of halogens is 1. The van der Waals surface area contributed by atoms with Gasteiger partial charge in [-0.25, -0.2) is 0 Å². The van der Waals surface area contributed by atoms with E-state index in [9.17, 15) is 4.79 Å². The Hall–Kier alpha value is -1.03. The first-order valence-electron chi connectivity index (χ1n) is 3.46. The summed E-state index contributed by atoms with van der Waals surface area (Å²) in [5.74, 6) is -0.366. The minimum Gasteiger partial charge on any atom is -0.376 e. The fourth-order valence-corrected chi connectivity index (χ4v) is 1.19. The van der Waals surface area contributed by atoms with E-state index in [0.717, 1.165) is 10.2 Å². The molecule has 0 spiro atoms. The molecule has 0 atom stereocenters. The van der Waals surface area contributed by atoms with Crippen LogP contribution in [-0.4, -0.2) is 12.5 Å². The quantitative estimate of drug-likeness (QED) is 0.821. The SMILES string of the molecule is NC(=O)CNc1cccc(Br)c1. The molecule has 1 aromatic rings. The maximum Gasteiger partial charge on any atom is 0.236 e. The summed E-state index contributed by atoms with van der Waals surface area (Å²) in [7, 11) is 0. The van der Waals surface area contributed by atoms with Crippen LogP contribution in [-0.2, 0) is 4.79 Å². The molecule has 3 N–H and O–H groups in total. The molecule has 4 heteroatoms. The Morgan fingerprint density at radius 1 is 1.58 bits per heavy atom. The smallest absolute Gasteiger partial charge is 0.236 e. The summed E-state index contributed by atoms with van der Waals surface area (Å²) >= 11 is 3.31. The third kappa shape index (κ3) is 2.92. The van der Waals surface area contributed by atoms with Crippen LogP contribution in [0, 0.1) is 0 Å². The number of nitrogens with one attached hydrogen (secondary N) is 1. The monoisotopic (exact) mass is 228 g/mol. The fourth-order valence-electron chi connectivity index (χ4n) is 0.788. The lowest BCUT2D eigenvalue weighted by Gasteiger charge is -2.02. The molecule has 0 fully saturated rings. The number of benzene rings is 1. The summed E-state index contributed by atoms with van der Waals surface area (Å²) in [6, 6.07) is 7.54. The van der Waals surface area contributed by atoms with Gasteiger partial charge in [-0.05, 0) is 18.2 Å². The van der Waals surface area contributed by atoms with Gasteiger partial charge in [0.05, 0.1) is 6.54 Å². The second-order valence-corrected chi connectivity index (χ2v) is 3.25. The number of rotatable bonds is 3. The predicted molar refractivity (Wildman–Crippen MR) is 51.8 cm³/mol. The van der Waals surface area contributed by atoms with Crippen LogP contribution in [0.2, 0.25) is 0 Å². The van der Waals surface area contributed by atoms with Gasteiger partial charge in [-0.3, -0.25) is 4.79 Å². The van der Waals surface area contributed by atoms with Crippen LogP contribution in [0.15, 0.2) is 28.7 Å². The molecular weight excluding hydrogens is 220 g/mol. The van der Waals surface area contributed by atoms with E-state index in [-0.39, 0.29) is 12.5 Å². The second-order valence-electron chi connectivity index (χ2n) is 2.33. The summed E-state index contributed by atoms with van der Waals surface area (Å²) in [5, 5.41) is 2.88. The first-order chi connectivity index (χ1) is 5.68. The van der Waals surface area contributed by atoms with Gasteiger partial charge in [0.1, 0.15) is 0 Å². The maximum absolute atomic E-state index is 10.4. The zero-order valence-electron chi connectivity index (χ0n) is 6.38. The van der Waals surface area contributed by atoms with Crippen molar-refractivity contribution in [2.45, 2.75) is 0 Å². The fraction of sp³-hybridized carbons (Fsp3) is 0.125. The van der Waals surface area contributed by atoms with Crippen molar-refractivity contribution in [3.05, 3.63) is 28.7 Å². The standard InChI is InChI=1S/C8H9BrN2O/c9-6-2-1-3-7(4-6)11-5-8(10)12/h1-4,11H,5H2,(H2,10,12). The van der Waals surface area contributed by atoms with Crippen LogP contribution in [0.4, 0.5) is 5.69 Å². The second kappa shape index (κ2) is 4.11. The maximum atomic E-state index is 10.4. The van der Waals surface area contributed by atoms with Gasteiger partial charge in [-0.15, -0.1) is 0 Å². The van der Waals surface area contributed by atoms with Gasteiger partial charge >= 0.3 is 0 Å². The summed E-state index contributed by atoms with van der Waals surface area (Å²) in [6.45, 7) is 0.163. The topological polar surface area (TPSA) is 55.1 Å². The number of carbonyl (C=O) groups is 1. The normalized spacial score (nSPS) is 9.42. The van der Waals surface area contributed by atoms with Crippen molar-refractivity contribution in [2.75, 3.05) is 11.9 Å². The van der Waals surface area contributed by atoms with Crippen LogP contribution in [0.1, 0.15) is 0 Å². The molecule has 0 aliphatic rings. The Balaban J connectivity index is 2.57. The number of hydrogen-bond acceptors (Lipinski definition) is 2. The zero-order chi connectivity index (χ0) is 8.97. The number of amides is 1. The molecule has 0 aliphatic carbocycles. The Morgan fingerprint density at radius 2 is 2.33 bits per heavy atom. The lowest BCUT2D eigenvalue weighted by atomic mass is 10.3. The van der Waals surface area contributed by atoms with Gasteiger partial charge < -0.3 is 11.1 Å². The minimum absolute atomic E-state index is 0.163. The summed E-state index contributed by atoms with van der Waals surface area (Å²) < 4.78 is 0.969. The molecule has 1 amide bonds. The van der Waals surface area contributed by atoms with Gasteiger partial charge in [0.15, 0.2) is 0 Å². The van der Waals surface area contributed by atoms with Crippen molar-refractivity contribution in [1.82, 2.24) is 0 Å². The van der Waals surface area contributed by atoms with E-state index < -0.39 is 0 Å². The van der Waals surface area contributed by atoms with E-state index >= 15 is 0 Å². The molecule has 0 aromatic heterocycles. The Labute approximate surface area is 79.1 Å². The van der Waals surface area contributed by atoms with E-state index in [1.54, 1.807) is 0 Å². The average Bonchev–Trinajstić information content (AvgIpc) is 2.01. The highest BCUT2D eigenvalue weighted by Crippen LogP contribution is 2.14. The van der Waals surface area contributed by atoms with Crippen molar-refractivity contribution in [3.63, 3.8) is 0 Å². The van der Waals surface area contributed by atoms with Gasteiger partial charge in [-0.2, -0.15) is 0 Å². The van der Waals surface area contributed by atoms with Crippen molar-refractivity contribution in [1.29, 1.82) is 0 Å². The molecule has 0 saturated heterocycles. The van der Waals surface area contributed by atoms with E-state index in [1.165, 1.54) is 0 Å². The average molecular weight is 229 g/mol. The summed E-state index contributed by atoms with van der Waals surface area (Å²) in [5.41, 5.74) is 5.84. The molecule has 0 saturated carbocycles. The van der Waals surface area contributed by atoms with Crippen molar-refractivity contribution in [3.8, 4) is 0 Å². The van der Waals surface area contributed by atoms with Gasteiger partial charge in [0, 0.05) is 10.2 Å². The molecule has 64 valence electrons. The molecule has 0 heterocycles. The van der Waals surface area contributed by atoms with E-state index in [1.807, 2.05) is 24.3 Å². The molecule has 0 radical (unpaired) electrons. The number of carbonyl (C=O) groups excluding carboxylic acids is 1. The number of primary amides is 1. The highest BCUT2D eigenvalue weighted by atomic mass is 79.9. The lowest BCUT2D eigenvalue weighted by molar-refractivity contribution is -0.116. The first-order valence-corrected chi connectivity index (χ1v) is 4.25. The van der Waals surface area contributed by atoms with Gasteiger partial charge in [-0.1, -0.05) is 22.0 Å². The number of hydrogen-bond donors (Lipinski definition) is 2. The Kier molecular flexibility index (Phi) is 3.10. The van der Waals surface area contributed by atoms with Gasteiger partial charge in [0.25, 0.3) is 0 Å². The van der Waals surface area contributed by atoms with E-state index in [2.05, 4.69) is 21.2 Å². The molecule has 0 unspecified atom stereocenters. The first kappa shape index (κ1) is 9.06. The highest BCUT2D eigenvalue weighted by molar-refractivity contribution is 9.10. The van der Waals surface area contributed by atoms with Crippen LogP contribution in [0.3, 0.4) is 0 Å². The van der Waals surface area contributed by atoms with Crippen LogP contribution < -0.4 is 11.1 Å². The molecule has 0 bridgehead atoms. The van der Waals surface area contributed by atoms with E-state index in [0.29, 0.717) is 0 Å². The summed E-state index contributed by atoms with van der Waals surface area (Å²) in [4.78, 5) is 10.4. The molecule has 3 nitrogen and oxygen atoms in total. The van der Waals surface area contributed by atoms with Crippen molar-refractivity contribution in [2.24, 2.45) is 5.73 Å². The third-order valence-corrected chi connectivity index (χ3v) is 1.78. The highest BCUT2D eigenvalue weighted by Gasteiger charge is 1.94. The van der Waals surface area contributed by atoms with Crippen molar-refractivity contribution >= 4 is 27.5 Å². The predicted octanol–water partition coefficient (Wildman–Crippen LogP) is 1.35. The zero-order valence-corrected chi connectivity index (χ0v) is 7.97. The third-order valence-electron chi connectivity index (χ3n) is 1.29. The molecule has 0 aliphatic heterocycles. The van der Waals surface area contributed by atoms with Gasteiger partial charge in [0.2, 0.25) is 5.91 Å². The molecule has 12 heavy (non-hydrogen) atoms. The Morgan fingerprint density at radius 3 is 2.92 bits per heavy atom. The number of nitrogens with two attached hydrogens (primary N) is 1. The number of anilines is 1. The van der Waals surface area contributed by atoms with Crippen LogP contribution in [0.5, 0.6) is 0 Å². The van der Waals surface area contributed by atoms with E-state index in [4.69, 9.17) is 5.73 Å². The largest absolute Gasteiger partial charge is 0.376 e. The Bertz CT molecular complexity index is 288. The minimum atomic E-state index is -0.366. The summed E-state index contributed by atoms with van der Waals surface area (Å²) in [6.07, 6.45) is 0. The van der Waals surface area contributed by atoms with Crippen LogP contribution in [0.25, 0.3) is 0 Å².